The SMILES string of the molecule is O=C(COc1ccc(/C=N\O)cc1)N1CCCC1. The van der Waals surface area contributed by atoms with E-state index in [1.165, 1.54) is 6.21 Å². The highest BCUT2D eigenvalue weighted by atomic mass is 16.5. The number of hydrogen-bond donors (Lipinski definition) is 1. The van der Waals surface area contributed by atoms with E-state index in [2.05, 4.69) is 5.16 Å². The molecule has 0 aromatic heterocycles. The second kappa shape index (κ2) is 6.05. The highest BCUT2D eigenvalue weighted by molar-refractivity contribution is 5.79. The Hall–Kier alpha value is -2.04. The first-order valence-electron chi connectivity index (χ1n) is 5.97. The minimum atomic E-state index is 0.0356. The van der Waals surface area contributed by atoms with Crippen molar-refractivity contribution in [2.24, 2.45) is 5.16 Å². The molecule has 0 saturated carbocycles. The van der Waals surface area contributed by atoms with Crippen molar-refractivity contribution in [1.82, 2.24) is 4.90 Å². The van der Waals surface area contributed by atoms with E-state index >= 15 is 0 Å². The van der Waals surface area contributed by atoms with E-state index in [4.69, 9.17) is 9.94 Å². The van der Waals surface area contributed by atoms with Crippen molar-refractivity contribution < 1.29 is 14.7 Å². The minimum Gasteiger partial charge on any atom is -0.484 e. The zero-order valence-electron chi connectivity index (χ0n) is 10.1. The maximum atomic E-state index is 11.7. The Kier molecular flexibility index (Phi) is 4.17. The number of likely N-dealkylation sites (tertiary alicyclic amines) is 1. The number of nitrogens with zero attached hydrogens (tertiary/aromatic N) is 2. The van der Waals surface area contributed by atoms with Gasteiger partial charge in [0.05, 0.1) is 6.21 Å². The zero-order chi connectivity index (χ0) is 12.8. The Bertz CT molecular complexity index is 422. The number of carbonyl (C=O) groups is 1. The second-order valence-corrected chi connectivity index (χ2v) is 4.19. The first-order valence-corrected chi connectivity index (χ1v) is 5.97. The van der Waals surface area contributed by atoms with Crippen LogP contribution in [0.2, 0.25) is 0 Å². The number of rotatable bonds is 4. The summed E-state index contributed by atoms with van der Waals surface area (Å²) in [6.45, 7) is 1.76. The molecule has 5 nitrogen and oxygen atoms in total. The quantitative estimate of drug-likeness (QED) is 0.499. The van der Waals surface area contributed by atoms with E-state index in [1.807, 2.05) is 4.90 Å². The predicted octanol–water partition coefficient (Wildman–Crippen LogP) is 1.50. The van der Waals surface area contributed by atoms with Crippen molar-refractivity contribution in [3.05, 3.63) is 29.8 Å². The third-order valence-electron chi connectivity index (χ3n) is 2.91. The summed E-state index contributed by atoms with van der Waals surface area (Å²) in [7, 11) is 0. The lowest BCUT2D eigenvalue weighted by Gasteiger charge is -2.15. The highest BCUT2D eigenvalue weighted by Gasteiger charge is 2.17. The summed E-state index contributed by atoms with van der Waals surface area (Å²) in [6.07, 6.45) is 3.50. The topological polar surface area (TPSA) is 62.1 Å². The molecular formula is C13H16N2O3. The van der Waals surface area contributed by atoms with Gasteiger partial charge in [0, 0.05) is 13.1 Å². The first kappa shape index (κ1) is 12.4. The van der Waals surface area contributed by atoms with Crippen LogP contribution in [0.25, 0.3) is 0 Å². The Balaban J connectivity index is 1.84. The summed E-state index contributed by atoms with van der Waals surface area (Å²) in [4.78, 5) is 13.6. The average Bonchev–Trinajstić information content (AvgIpc) is 2.92. The van der Waals surface area contributed by atoms with Gasteiger partial charge in [0.1, 0.15) is 5.75 Å². The van der Waals surface area contributed by atoms with Gasteiger partial charge in [0.2, 0.25) is 0 Å². The van der Waals surface area contributed by atoms with Crippen LogP contribution in [0.4, 0.5) is 0 Å². The molecule has 0 atom stereocenters. The molecule has 1 heterocycles. The molecule has 2 rings (SSSR count). The monoisotopic (exact) mass is 248 g/mol. The van der Waals surface area contributed by atoms with Gasteiger partial charge in [-0.1, -0.05) is 5.16 Å². The number of hydrogen-bond acceptors (Lipinski definition) is 4. The van der Waals surface area contributed by atoms with E-state index in [0.29, 0.717) is 5.75 Å². The molecule has 1 amide bonds. The number of carbonyl (C=O) groups excluding carboxylic acids is 1. The van der Waals surface area contributed by atoms with Gasteiger partial charge in [-0.25, -0.2) is 0 Å². The van der Waals surface area contributed by atoms with Crippen LogP contribution in [0, 0.1) is 0 Å². The molecule has 0 radical (unpaired) electrons. The van der Waals surface area contributed by atoms with Crippen LogP contribution in [0.5, 0.6) is 5.75 Å². The van der Waals surface area contributed by atoms with Gasteiger partial charge in [-0.3, -0.25) is 4.79 Å². The fourth-order valence-corrected chi connectivity index (χ4v) is 1.92. The Morgan fingerprint density at radius 2 is 2.00 bits per heavy atom. The summed E-state index contributed by atoms with van der Waals surface area (Å²) < 4.78 is 5.42. The van der Waals surface area contributed by atoms with Crippen molar-refractivity contribution >= 4 is 12.1 Å². The third-order valence-corrected chi connectivity index (χ3v) is 2.91. The van der Waals surface area contributed by atoms with E-state index < -0.39 is 0 Å². The molecule has 1 saturated heterocycles. The Morgan fingerprint density at radius 1 is 1.33 bits per heavy atom. The molecule has 1 aliphatic rings. The van der Waals surface area contributed by atoms with E-state index in [1.54, 1.807) is 24.3 Å². The van der Waals surface area contributed by atoms with Gasteiger partial charge in [0.15, 0.2) is 6.61 Å². The smallest absolute Gasteiger partial charge is 0.260 e. The lowest BCUT2D eigenvalue weighted by Crippen LogP contribution is -2.32. The molecule has 0 spiro atoms. The maximum Gasteiger partial charge on any atom is 0.260 e. The normalized spacial score (nSPS) is 15.2. The molecule has 0 bridgehead atoms. The number of ether oxygens (including phenoxy) is 1. The maximum absolute atomic E-state index is 11.7. The summed E-state index contributed by atoms with van der Waals surface area (Å²) in [5.41, 5.74) is 0.774. The molecule has 1 aliphatic heterocycles. The van der Waals surface area contributed by atoms with Crippen LogP contribution < -0.4 is 4.74 Å². The van der Waals surface area contributed by atoms with Crippen molar-refractivity contribution in [3.63, 3.8) is 0 Å². The molecule has 18 heavy (non-hydrogen) atoms. The lowest BCUT2D eigenvalue weighted by atomic mass is 10.2. The van der Waals surface area contributed by atoms with Crippen molar-refractivity contribution in [2.75, 3.05) is 19.7 Å². The largest absolute Gasteiger partial charge is 0.484 e. The summed E-state index contributed by atoms with van der Waals surface area (Å²) in [6, 6.07) is 7.01. The highest BCUT2D eigenvalue weighted by Crippen LogP contribution is 2.12. The van der Waals surface area contributed by atoms with Crippen LogP contribution in [-0.4, -0.2) is 41.9 Å². The molecule has 96 valence electrons. The number of benzene rings is 1. The van der Waals surface area contributed by atoms with Crippen LogP contribution >= 0.6 is 0 Å². The number of oxime groups is 1. The van der Waals surface area contributed by atoms with Crippen LogP contribution in [0.1, 0.15) is 18.4 Å². The molecule has 1 N–H and O–H groups in total. The van der Waals surface area contributed by atoms with Crippen molar-refractivity contribution in [1.29, 1.82) is 0 Å². The third kappa shape index (κ3) is 3.23. The zero-order valence-corrected chi connectivity index (χ0v) is 10.1. The lowest BCUT2D eigenvalue weighted by molar-refractivity contribution is -0.132. The molecular weight excluding hydrogens is 232 g/mol. The van der Waals surface area contributed by atoms with Crippen molar-refractivity contribution in [3.8, 4) is 5.75 Å². The standard InChI is InChI=1S/C13H16N2O3/c16-13(15-7-1-2-8-15)10-18-12-5-3-11(4-6-12)9-14-17/h3-6,9,17H,1-2,7-8,10H2/b14-9-. The Labute approximate surface area is 106 Å². The van der Waals surface area contributed by atoms with Gasteiger partial charge in [0.25, 0.3) is 5.91 Å². The average molecular weight is 248 g/mol. The minimum absolute atomic E-state index is 0.0356. The summed E-state index contributed by atoms with van der Waals surface area (Å²) in [5.74, 6) is 0.672. The molecule has 0 aliphatic carbocycles. The van der Waals surface area contributed by atoms with E-state index in [9.17, 15) is 4.79 Å². The van der Waals surface area contributed by atoms with Crippen molar-refractivity contribution in [2.45, 2.75) is 12.8 Å². The van der Waals surface area contributed by atoms with E-state index in [0.717, 1.165) is 31.5 Å². The summed E-state index contributed by atoms with van der Waals surface area (Å²) in [5, 5.41) is 11.3. The first-order chi connectivity index (χ1) is 8.79. The van der Waals surface area contributed by atoms with Gasteiger partial charge in [-0.15, -0.1) is 0 Å². The Morgan fingerprint density at radius 3 is 2.61 bits per heavy atom. The fraction of sp³-hybridized carbons (Fsp3) is 0.385. The fourth-order valence-electron chi connectivity index (χ4n) is 1.92. The molecule has 0 unspecified atom stereocenters. The number of amides is 1. The van der Waals surface area contributed by atoms with Gasteiger partial charge >= 0.3 is 0 Å². The summed E-state index contributed by atoms with van der Waals surface area (Å²) >= 11 is 0. The molecule has 1 aromatic rings. The van der Waals surface area contributed by atoms with Gasteiger partial charge in [-0.2, -0.15) is 0 Å². The van der Waals surface area contributed by atoms with Crippen LogP contribution in [0.3, 0.4) is 0 Å². The molecule has 5 heteroatoms. The predicted molar refractivity (Wildman–Crippen MR) is 67.1 cm³/mol. The van der Waals surface area contributed by atoms with Gasteiger partial charge in [-0.05, 0) is 42.7 Å². The van der Waals surface area contributed by atoms with E-state index in [-0.39, 0.29) is 12.5 Å². The van der Waals surface area contributed by atoms with Crippen LogP contribution in [-0.2, 0) is 4.79 Å². The van der Waals surface area contributed by atoms with Gasteiger partial charge < -0.3 is 14.8 Å². The second-order valence-electron chi connectivity index (χ2n) is 4.19. The molecule has 1 fully saturated rings. The van der Waals surface area contributed by atoms with Crippen LogP contribution in [0.15, 0.2) is 29.4 Å². The molecule has 1 aromatic carbocycles.